The molecule has 0 aromatic heterocycles. The summed E-state index contributed by atoms with van der Waals surface area (Å²) in [7, 11) is -5.29. The predicted octanol–water partition coefficient (Wildman–Crippen LogP) is 5.44. The van der Waals surface area contributed by atoms with E-state index in [-0.39, 0.29) is 0 Å². The molecule has 6 rings (SSSR count). The summed E-state index contributed by atoms with van der Waals surface area (Å²) in [5.41, 5.74) is 0. The molecule has 0 N–H and O–H groups in total. The van der Waals surface area contributed by atoms with E-state index >= 15 is 0 Å². The van der Waals surface area contributed by atoms with E-state index in [0.29, 0.717) is 0 Å². The Kier molecular flexibility index (Phi) is 6.14. The van der Waals surface area contributed by atoms with E-state index in [1.165, 1.54) is 20.7 Å². The molecule has 0 unspecified atom stereocenters. The van der Waals surface area contributed by atoms with Crippen molar-refractivity contribution in [3.05, 3.63) is 168 Å². The first-order valence-electron chi connectivity index (χ1n) is 12.8. The van der Waals surface area contributed by atoms with Gasteiger partial charge in [0.2, 0.25) is 0 Å². The fourth-order valence-electron chi connectivity index (χ4n) is 6.52. The van der Waals surface area contributed by atoms with Gasteiger partial charge < -0.3 is 0 Å². The second-order valence-corrected chi connectivity index (χ2v) is 20.5. The summed E-state index contributed by atoms with van der Waals surface area (Å²) in [6.07, 6.45) is 16.7. The smallest absolute Gasteiger partial charge is 0.0809 e. The maximum Gasteiger partial charge on any atom is 0.154 e. The van der Waals surface area contributed by atoms with Crippen LogP contribution < -0.4 is 20.7 Å². The number of rotatable bonds is 7. The minimum Gasteiger partial charge on any atom is -0.0809 e. The Bertz CT molecular complexity index is 1250. The largest absolute Gasteiger partial charge is 0.154 e. The van der Waals surface area contributed by atoms with Crippen LogP contribution in [0.4, 0.5) is 0 Å². The zero-order chi connectivity index (χ0) is 24.3. The monoisotopic (exact) mass is 494 g/mol. The van der Waals surface area contributed by atoms with E-state index in [1.54, 1.807) is 10.4 Å². The molecular weight excluding hydrogens is 465 g/mol. The Morgan fingerprint density at radius 3 is 0.861 bits per heavy atom. The first-order valence-corrected chi connectivity index (χ1v) is 17.8. The Morgan fingerprint density at radius 2 is 0.639 bits per heavy atom. The number of hydrogen-bond donors (Lipinski definition) is 0. The number of benzene rings is 4. The van der Waals surface area contributed by atoms with Crippen LogP contribution in [-0.2, 0) is 0 Å². The Hall–Kier alpha value is -3.73. The van der Waals surface area contributed by atoms with Crippen LogP contribution in [0.3, 0.4) is 0 Å². The molecule has 0 atom stereocenters. The highest BCUT2D eigenvalue weighted by molar-refractivity contribution is 7.64. The van der Waals surface area contributed by atoms with Gasteiger partial charge in [-0.1, -0.05) is 189 Å². The highest BCUT2D eigenvalue weighted by Crippen LogP contribution is 2.37. The minimum absolute atomic E-state index is 1.01. The first kappa shape index (κ1) is 22.7. The van der Waals surface area contributed by atoms with Crippen LogP contribution in [0.5, 0.6) is 0 Å². The summed E-state index contributed by atoms with van der Waals surface area (Å²) >= 11 is 0. The van der Waals surface area contributed by atoms with Gasteiger partial charge in [-0.05, 0) is 12.8 Å². The number of allylic oxidation sites excluding steroid dienone is 8. The van der Waals surface area contributed by atoms with Gasteiger partial charge in [0.15, 0.2) is 15.2 Å². The maximum atomic E-state index is 2.53. The second kappa shape index (κ2) is 9.73. The average molecular weight is 495 g/mol. The average Bonchev–Trinajstić information content (AvgIpc) is 3.69. The van der Waals surface area contributed by atoms with Gasteiger partial charge in [0.1, 0.15) is 0 Å². The van der Waals surface area contributed by atoms with Crippen LogP contribution in [0.15, 0.2) is 168 Å². The Labute approximate surface area is 216 Å². The molecule has 2 heteroatoms. The summed E-state index contributed by atoms with van der Waals surface area (Å²) in [5, 5.41) is 9.06. The highest BCUT2D eigenvalue weighted by atomic mass is 29.3. The Morgan fingerprint density at radius 1 is 0.361 bits per heavy atom. The molecule has 36 heavy (non-hydrogen) atoms. The summed E-state index contributed by atoms with van der Waals surface area (Å²) in [5.74, 6) is 0. The topological polar surface area (TPSA) is 0 Å². The van der Waals surface area contributed by atoms with E-state index in [9.17, 15) is 0 Å². The van der Waals surface area contributed by atoms with Gasteiger partial charge in [-0.15, -0.1) is 0 Å². The number of hydrogen-bond acceptors (Lipinski definition) is 0. The van der Waals surface area contributed by atoms with Crippen molar-refractivity contribution >= 4 is 35.9 Å². The Balaban J connectivity index is 1.89. The second-order valence-electron chi connectivity index (χ2n) is 9.56. The van der Waals surface area contributed by atoms with Crippen molar-refractivity contribution in [3.8, 4) is 0 Å². The van der Waals surface area contributed by atoms with Crippen molar-refractivity contribution < 1.29 is 0 Å². The SMILES string of the molecule is C1=CC([Si](c2ccccc2)(c2ccccc2)[Si](C2=CCC=C2)(c2ccccc2)c2ccccc2)=CC1. The summed E-state index contributed by atoms with van der Waals surface area (Å²) in [6.45, 7) is 0. The van der Waals surface area contributed by atoms with Crippen molar-refractivity contribution in [1.82, 2.24) is 0 Å². The van der Waals surface area contributed by atoms with Crippen LogP contribution in [0.25, 0.3) is 0 Å². The van der Waals surface area contributed by atoms with Gasteiger partial charge in [-0.2, -0.15) is 0 Å². The van der Waals surface area contributed by atoms with Gasteiger partial charge in [-0.3, -0.25) is 0 Å². The van der Waals surface area contributed by atoms with Crippen molar-refractivity contribution in [2.75, 3.05) is 0 Å². The molecule has 2 aliphatic carbocycles. The highest BCUT2D eigenvalue weighted by Gasteiger charge is 2.62. The summed E-state index contributed by atoms with van der Waals surface area (Å²) in [6, 6.07) is 45.9. The van der Waals surface area contributed by atoms with Crippen LogP contribution >= 0.6 is 0 Å². The molecule has 0 fully saturated rings. The van der Waals surface area contributed by atoms with E-state index in [0.717, 1.165) is 12.8 Å². The van der Waals surface area contributed by atoms with Gasteiger partial charge in [-0.25, -0.2) is 0 Å². The third-order valence-corrected chi connectivity index (χ3v) is 24.8. The minimum atomic E-state index is -2.65. The third-order valence-electron chi connectivity index (χ3n) is 7.80. The fourth-order valence-corrected chi connectivity index (χ4v) is 26.4. The summed E-state index contributed by atoms with van der Waals surface area (Å²) < 4.78 is 0. The molecule has 4 aromatic carbocycles. The van der Waals surface area contributed by atoms with Crippen LogP contribution in [0.2, 0.25) is 0 Å². The summed E-state index contributed by atoms with van der Waals surface area (Å²) in [4.78, 5) is 0. The molecule has 4 aromatic rings. The van der Waals surface area contributed by atoms with E-state index in [4.69, 9.17) is 0 Å². The lowest BCUT2D eigenvalue weighted by atomic mass is 10.4. The third kappa shape index (κ3) is 3.41. The van der Waals surface area contributed by atoms with Crippen molar-refractivity contribution in [3.63, 3.8) is 0 Å². The predicted molar refractivity (Wildman–Crippen MR) is 159 cm³/mol. The fraction of sp³-hybridized carbons (Fsp3) is 0.0588. The molecule has 0 saturated carbocycles. The van der Waals surface area contributed by atoms with Gasteiger partial charge in [0.05, 0.1) is 0 Å². The van der Waals surface area contributed by atoms with E-state index < -0.39 is 15.2 Å². The molecule has 0 aliphatic heterocycles. The molecule has 2 aliphatic rings. The quantitative estimate of drug-likeness (QED) is 0.300. The molecule has 0 saturated heterocycles. The molecular formula is C34H30Si2. The first-order chi connectivity index (χ1) is 17.9. The molecule has 0 spiro atoms. The normalized spacial score (nSPS) is 15.1. The maximum absolute atomic E-state index is 2.65. The van der Waals surface area contributed by atoms with E-state index in [2.05, 4.69) is 158 Å². The molecule has 0 nitrogen and oxygen atoms in total. The standard InChI is InChI=1S/C34H30Si2/c1-5-17-29(18-6-1)35(33-25-13-14-26-33,30-19-7-2-8-20-30)36(34-27-15-16-28-34,31-21-9-3-10-22-31)32-23-11-4-12-24-32/h1-13,15,17-28H,14,16H2. The zero-order valence-electron chi connectivity index (χ0n) is 20.4. The lowest BCUT2D eigenvalue weighted by molar-refractivity contribution is 1.44. The van der Waals surface area contributed by atoms with Crippen molar-refractivity contribution in [2.45, 2.75) is 12.8 Å². The van der Waals surface area contributed by atoms with Gasteiger partial charge in [0.25, 0.3) is 0 Å². The zero-order valence-corrected chi connectivity index (χ0v) is 22.4. The van der Waals surface area contributed by atoms with Crippen LogP contribution in [0, 0.1) is 0 Å². The molecule has 174 valence electrons. The molecule has 0 bridgehead atoms. The van der Waals surface area contributed by atoms with Crippen LogP contribution in [-0.4, -0.2) is 15.2 Å². The van der Waals surface area contributed by atoms with Gasteiger partial charge >= 0.3 is 0 Å². The van der Waals surface area contributed by atoms with Crippen molar-refractivity contribution in [2.24, 2.45) is 0 Å². The lowest BCUT2D eigenvalue weighted by Crippen LogP contribution is -2.87. The molecule has 0 radical (unpaired) electrons. The molecule has 0 amide bonds. The lowest BCUT2D eigenvalue weighted by Gasteiger charge is -2.51. The van der Waals surface area contributed by atoms with Crippen molar-refractivity contribution in [1.29, 1.82) is 0 Å². The van der Waals surface area contributed by atoms with E-state index in [1.807, 2.05) is 0 Å². The van der Waals surface area contributed by atoms with Crippen LogP contribution in [0.1, 0.15) is 12.8 Å². The molecule has 0 heterocycles. The van der Waals surface area contributed by atoms with Gasteiger partial charge in [0, 0.05) is 0 Å².